The largest absolute Gasteiger partial charge is 0.377 e. The summed E-state index contributed by atoms with van der Waals surface area (Å²) in [7, 11) is 0. The second-order valence-corrected chi connectivity index (χ2v) is 4.22. The molecule has 0 aliphatic carbocycles. The van der Waals surface area contributed by atoms with Gasteiger partial charge in [0.2, 0.25) is 5.91 Å². The summed E-state index contributed by atoms with van der Waals surface area (Å²) in [5.74, 6) is -0.0664. The van der Waals surface area contributed by atoms with Gasteiger partial charge in [-0.2, -0.15) is 5.26 Å². The van der Waals surface area contributed by atoms with Gasteiger partial charge in [0.15, 0.2) is 0 Å². The van der Waals surface area contributed by atoms with Crippen LogP contribution in [0.25, 0.3) is 0 Å². The lowest BCUT2D eigenvalue weighted by atomic mass is 9.87. The highest BCUT2D eigenvalue weighted by atomic mass is 16.5. The van der Waals surface area contributed by atoms with Crippen LogP contribution < -0.4 is 0 Å². The predicted octanol–water partition coefficient (Wildman–Crippen LogP) is 1.17. The van der Waals surface area contributed by atoms with Gasteiger partial charge in [0.05, 0.1) is 25.3 Å². The standard InChI is InChI=1S/C11H18N2O2/c1-4-11(3,8-12)10(14)13-5-6-15-7-9(13)2/h9H,4-7H2,1-3H3/t9-,11?/m1/s1. The average molecular weight is 210 g/mol. The third kappa shape index (κ3) is 2.29. The second kappa shape index (κ2) is 4.63. The van der Waals surface area contributed by atoms with Crippen LogP contribution in [0.1, 0.15) is 27.2 Å². The van der Waals surface area contributed by atoms with Gasteiger partial charge in [0.1, 0.15) is 5.41 Å². The zero-order chi connectivity index (χ0) is 11.5. The van der Waals surface area contributed by atoms with Crippen molar-refractivity contribution in [3.63, 3.8) is 0 Å². The number of hydrogen-bond donors (Lipinski definition) is 0. The molecule has 0 spiro atoms. The van der Waals surface area contributed by atoms with Gasteiger partial charge in [-0.3, -0.25) is 4.79 Å². The normalized spacial score (nSPS) is 25.5. The van der Waals surface area contributed by atoms with E-state index in [-0.39, 0.29) is 11.9 Å². The molecule has 1 heterocycles. The van der Waals surface area contributed by atoms with Gasteiger partial charge in [-0.15, -0.1) is 0 Å². The van der Waals surface area contributed by atoms with Gasteiger partial charge in [0.25, 0.3) is 0 Å². The molecule has 1 saturated heterocycles. The molecule has 0 aromatic heterocycles. The lowest BCUT2D eigenvalue weighted by Crippen LogP contribution is -2.51. The van der Waals surface area contributed by atoms with Crippen molar-refractivity contribution in [2.45, 2.75) is 33.2 Å². The van der Waals surface area contributed by atoms with E-state index in [4.69, 9.17) is 10.00 Å². The van der Waals surface area contributed by atoms with Crippen molar-refractivity contribution in [2.75, 3.05) is 19.8 Å². The molecule has 1 aliphatic heterocycles. The van der Waals surface area contributed by atoms with Crippen molar-refractivity contribution in [2.24, 2.45) is 5.41 Å². The van der Waals surface area contributed by atoms with Crippen LogP contribution in [0.4, 0.5) is 0 Å². The molecule has 1 aliphatic rings. The van der Waals surface area contributed by atoms with Crippen LogP contribution in [0.3, 0.4) is 0 Å². The molecular weight excluding hydrogens is 192 g/mol. The van der Waals surface area contributed by atoms with E-state index < -0.39 is 5.41 Å². The Labute approximate surface area is 90.8 Å². The molecule has 0 bridgehead atoms. The maximum absolute atomic E-state index is 12.1. The maximum Gasteiger partial charge on any atom is 0.243 e. The summed E-state index contributed by atoms with van der Waals surface area (Å²) in [6.45, 7) is 7.25. The number of morpholine rings is 1. The number of rotatable bonds is 2. The van der Waals surface area contributed by atoms with Crippen molar-refractivity contribution in [3.05, 3.63) is 0 Å². The number of hydrogen-bond acceptors (Lipinski definition) is 3. The molecule has 1 unspecified atom stereocenters. The second-order valence-electron chi connectivity index (χ2n) is 4.22. The van der Waals surface area contributed by atoms with Crippen LogP contribution in [0.15, 0.2) is 0 Å². The molecule has 0 N–H and O–H groups in total. The molecule has 1 amide bonds. The first-order valence-corrected chi connectivity index (χ1v) is 5.35. The van der Waals surface area contributed by atoms with Crippen molar-refractivity contribution in [1.82, 2.24) is 4.90 Å². The number of carbonyl (C=O) groups is 1. The van der Waals surface area contributed by atoms with Crippen LogP contribution in [0.2, 0.25) is 0 Å². The Kier molecular flexibility index (Phi) is 3.70. The topological polar surface area (TPSA) is 53.3 Å². The van der Waals surface area contributed by atoms with Gasteiger partial charge >= 0.3 is 0 Å². The molecule has 84 valence electrons. The fourth-order valence-corrected chi connectivity index (χ4v) is 1.62. The van der Waals surface area contributed by atoms with Crippen LogP contribution in [-0.4, -0.2) is 36.6 Å². The summed E-state index contributed by atoms with van der Waals surface area (Å²) in [4.78, 5) is 13.9. The number of nitrogens with zero attached hydrogens (tertiary/aromatic N) is 2. The number of amides is 1. The van der Waals surface area contributed by atoms with Crippen LogP contribution >= 0.6 is 0 Å². The van der Waals surface area contributed by atoms with Crippen molar-refractivity contribution in [3.8, 4) is 6.07 Å². The minimum Gasteiger partial charge on any atom is -0.377 e. The molecular formula is C11H18N2O2. The molecule has 4 heteroatoms. The fourth-order valence-electron chi connectivity index (χ4n) is 1.62. The molecule has 1 fully saturated rings. The van der Waals surface area contributed by atoms with Crippen LogP contribution in [0, 0.1) is 16.7 Å². The highest BCUT2D eigenvalue weighted by molar-refractivity contribution is 5.85. The summed E-state index contributed by atoms with van der Waals surface area (Å²) >= 11 is 0. The lowest BCUT2D eigenvalue weighted by Gasteiger charge is -2.37. The molecule has 0 radical (unpaired) electrons. The molecule has 0 aromatic carbocycles. The van der Waals surface area contributed by atoms with E-state index in [9.17, 15) is 4.79 Å². The maximum atomic E-state index is 12.1. The summed E-state index contributed by atoms with van der Waals surface area (Å²) in [6.07, 6.45) is 0.548. The Morgan fingerprint density at radius 1 is 1.73 bits per heavy atom. The van der Waals surface area contributed by atoms with Gasteiger partial charge in [-0.05, 0) is 20.3 Å². The van der Waals surface area contributed by atoms with E-state index in [0.29, 0.717) is 26.2 Å². The Morgan fingerprint density at radius 3 is 2.87 bits per heavy atom. The molecule has 1 rings (SSSR count). The monoisotopic (exact) mass is 210 g/mol. The zero-order valence-corrected chi connectivity index (χ0v) is 9.62. The first kappa shape index (κ1) is 12.0. The fraction of sp³-hybridized carbons (Fsp3) is 0.818. The Hall–Kier alpha value is -1.08. The molecule has 15 heavy (non-hydrogen) atoms. The first-order valence-electron chi connectivity index (χ1n) is 5.35. The summed E-state index contributed by atoms with van der Waals surface area (Å²) in [5, 5.41) is 9.04. The Morgan fingerprint density at radius 2 is 2.40 bits per heavy atom. The van der Waals surface area contributed by atoms with E-state index in [2.05, 4.69) is 6.07 Å². The van der Waals surface area contributed by atoms with Crippen molar-refractivity contribution >= 4 is 5.91 Å². The lowest BCUT2D eigenvalue weighted by molar-refractivity contribution is -0.146. The highest BCUT2D eigenvalue weighted by Gasteiger charge is 2.37. The third-order valence-corrected chi connectivity index (χ3v) is 3.05. The van der Waals surface area contributed by atoms with Crippen LogP contribution in [-0.2, 0) is 9.53 Å². The van der Waals surface area contributed by atoms with Gasteiger partial charge in [-0.25, -0.2) is 0 Å². The SMILES string of the molecule is CCC(C)(C#N)C(=O)N1CCOC[C@H]1C. The smallest absolute Gasteiger partial charge is 0.243 e. The van der Waals surface area contributed by atoms with Gasteiger partial charge < -0.3 is 9.64 Å². The Bertz CT molecular complexity index is 285. The summed E-state index contributed by atoms with van der Waals surface area (Å²) in [6, 6.07) is 2.19. The highest BCUT2D eigenvalue weighted by Crippen LogP contribution is 2.25. The molecule has 2 atom stereocenters. The van der Waals surface area contributed by atoms with E-state index in [0.717, 1.165) is 0 Å². The number of ether oxygens (including phenoxy) is 1. The van der Waals surface area contributed by atoms with E-state index in [1.54, 1.807) is 11.8 Å². The molecule has 4 nitrogen and oxygen atoms in total. The number of carbonyl (C=O) groups excluding carboxylic acids is 1. The zero-order valence-electron chi connectivity index (χ0n) is 9.62. The van der Waals surface area contributed by atoms with E-state index in [1.165, 1.54) is 0 Å². The summed E-state index contributed by atoms with van der Waals surface area (Å²) < 4.78 is 5.27. The minimum atomic E-state index is -0.883. The Balaban J connectivity index is 2.79. The summed E-state index contributed by atoms with van der Waals surface area (Å²) in [5.41, 5.74) is -0.883. The minimum absolute atomic E-state index is 0.0664. The predicted molar refractivity (Wildman–Crippen MR) is 56.0 cm³/mol. The third-order valence-electron chi connectivity index (χ3n) is 3.05. The molecule has 0 saturated carbocycles. The molecule has 0 aromatic rings. The quantitative estimate of drug-likeness (QED) is 0.687. The van der Waals surface area contributed by atoms with E-state index in [1.807, 2.05) is 13.8 Å². The van der Waals surface area contributed by atoms with Crippen LogP contribution in [0.5, 0.6) is 0 Å². The average Bonchev–Trinajstić information content (AvgIpc) is 2.28. The van der Waals surface area contributed by atoms with Crippen molar-refractivity contribution < 1.29 is 9.53 Å². The first-order chi connectivity index (χ1) is 7.05. The van der Waals surface area contributed by atoms with Gasteiger partial charge in [-0.1, -0.05) is 6.92 Å². The van der Waals surface area contributed by atoms with Gasteiger partial charge in [0, 0.05) is 6.54 Å². The van der Waals surface area contributed by atoms with Crippen molar-refractivity contribution in [1.29, 1.82) is 5.26 Å². The van der Waals surface area contributed by atoms with E-state index >= 15 is 0 Å². The number of nitriles is 1.